The van der Waals surface area contributed by atoms with Crippen molar-refractivity contribution in [1.82, 2.24) is 5.32 Å². The summed E-state index contributed by atoms with van der Waals surface area (Å²) in [7, 11) is 0. The van der Waals surface area contributed by atoms with Crippen LogP contribution < -0.4 is 10.2 Å². The Morgan fingerprint density at radius 3 is 2.74 bits per heavy atom. The molecule has 0 radical (unpaired) electrons. The van der Waals surface area contributed by atoms with Gasteiger partial charge in [-0.1, -0.05) is 32.0 Å². The number of nitrogens with zero attached hydrogens (tertiary/aromatic N) is 1. The second kappa shape index (κ2) is 5.93. The first-order valence-electron chi connectivity index (χ1n) is 7.25. The Kier molecular flexibility index (Phi) is 4.48. The predicted octanol–water partition coefficient (Wildman–Crippen LogP) is 2.28. The molecule has 0 bridgehead atoms. The van der Waals surface area contributed by atoms with Crippen LogP contribution in [-0.2, 0) is 0 Å². The fourth-order valence-corrected chi connectivity index (χ4v) is 2.89. The molecule has 0 aromatic heterocycles. The van der Waals surface area contributed by atoms with Crippen molar-refractivity contribution in [2.45, 2.75) is 45.8 Å². The molecule has 1 aliphatic heterocycles. The lowest BCUT2D eigenvalue weighted by Gasteiger charge is -2.34. The van der Waals surface area contributed by atoms with Gasteiger partial charge in [-0.2, -0.15) is 0 Å². The van der Waals surface area contributed by atoms with Gasteiger partial charge in [-0.15, -0.1) is 0 Å². The largest absolute Gasteiger partial charge is 0.390 e. The second-order valence-electron chi connectivity index (χ2n) is 5.98. The lowest BCUT2D eigenvalue weighted by Crippen LogP contribution is -2.40. The van der Waals surface area contributed by atoms with Crippen molar-refractivity contribution in [3.05, 3.63) is 29.3 Å². The SMILES string of the molecule is Cc1cccc(C(C)C)c1N1CC(O)CNCC1C. The van der Waals surface area contributed by atoms with Gasteiger partial charge in [0.15, 0.2) is 0 Å². The van der Waals surface area contributed by atoms with Crippen molar-refractivity contribution in [3.8, 4) is 0 Å². The Labute approximate surface area is 116 Å². The van der Waals surface area contributed by atoms with E-state index in [-0.39, 0.29) is 6.10 Å². The summed E-state index contributed by atoms with van der Waals surface area (Å²) in [6.45, 7) is 11.2. The van der Waals surface area contributed by atoms with Crippen LogP contribution in [-0.4, -0.2) is 36.9 Å². The number of benzene rings is 1. The van der Waals surface area contributed by atoms with E-state index in [9.17, 15) is 5.11 Å². The van der Waals surface area contributed by atoms with Gasteiger partial charge in [0, 0.05) is 31.4 Å². The van der Waals surface area contributed by atoms with Gasteiger partial charge in [-0.3, -0.25) is 0 Å². The number of hydrogen-bond acceptors (Lipinski definition) is 3. The van der Waals surface area contributed by atoms with Crippen LogP contribution in [0.3, 0.4) is 0 Å². The number of para-hydroxylation sites is 1. The molecule has 19 heavy (non-hydrogen) atoms. The first-order chi connectivity index (χ1) is 9.00. The molecule has 106 valence electrons. The lowest BCUT2D eigenvalue weighted by atomic mass is 9.96. The minimum absolute atomic E-state index is 0.301. The van der Waals surface area contributed by atoms with E-state index in [1.165, 1.54) is 16.8 Å². The van der Waals surface area contributed by atoms with Crippen molar-refractivity contribution >= 4 is 5.69 Å². The molecule has 1 fully saturated rings. The Morgan fingerprint density at radius 1 is 1.32 bits per heavy atom. The quantitative estimate of drug-likeness (QED) is 0.858. The van der Waals surface area contributed by atoms with Crippen LogP contribution in [0.2, 0.25) is 0 Å². The summed E-state index contributed by atoms with van der Waals surface area (Å²) in [5.74, 6) is 0.496. The topological polar surface area (TPSA) is 35.5 Å². The minimum Gasteiger partial charge on any atom is -0.390 e. The highest BCUT2D eigenvalue weighted by atomic mass is 16.3. The molecule has 0 spiro atoms. The third kappa shape index (κ3) is 3.10. The highest BCUT2D eigenvalue weighted by Gasteiger charge is 2.25. The fourth-order valence-electron chi connectivity index (χ4n) is 2.89. The molecule has 1 saturated heterocycles. The van der Waals surface area contributed by atoms with Gasteiger partial charge in [0.2, 0.25) is 0 Å². The molecule has 2 atom stereocenters. The predicted molar refractivity (Wildman–Crippen MR) is 81.0 cm³/mol. The molecule has 2 N–H and O–H groups in total. The molecule has 2 unspecified atom stereocenters. The molecule has 3 heteroatoms. The van der Waals surface area contributed by atoms with Crippen molar-refractivity contribution in [3.63, 3.8) is 0 Å². The number of rotatable bonds is 2. The maximum atomic E-state index is 10.1. The van der Waals surface area contributed by atoms with E-state index in [4.69, 9.17) is 0 Å². The van der Waals surface area contributed by atoms with Crippen LogP contribution in [0.25, 0.3) is 0 Å². The van der Waals surface area contributed by atoms with Gasteiger partial charge >= 0.3 is 0 Å². The fraction of sp³-hybridized carbons (Fsp3) is 0.625. The summed E-state index contributed by atoms with van der Waals surface area (Å²) in [4.78, 5) is 2.37. The van der Waals surface area contributed by atoms with E-state index in [2.05, 4.69) is 56.1 Å². The van der Waals surface area contributed by atoms with Gasteiger partial charge in [0.25, 0.3) is 0 Å². The third-order valence-electron chi connectivity index (χ3n) is 3.94. The zero-order valence-electron chi connectivity index (χ0n) is 12.5. The Hall–Kier alpha value is -1.06. The van der Waals surface area contributed by atoms with E-state index in [0.29, 0.717) is 25.0 Å². The van der Waals surface area contributed by atoms with E-state index < -0.39 is 0 Å². The van der Waals surface area contributed by atoms with E-state index in [0.717, 1.165) is 6.54 Å². The monoisotopic (exact) mass is 262 g/mol. The maximum Gasteiger partial charge on any atom is 0.0839 e. The van der Waals surface area contributed by atoms with Crippen molar-refractivity contribution in [1.29, 1.82) is 0 Å². The Morgan fingerprint density at radius 2 is 2.05 bits per heavy atom. The molecule has 1 aliphatic rings. The minimum atomic E-state index is -0.301. The summed E-state index contributed by atoms with van der Waals surface area (Å²) in [6.07, 6.45) is -0.301. The zero-order valence-corrected chi connectivity index (χ0v) is 12.5. The van der Waals surface area contributed by atoms with Crippen LogP contribution in [0.15, 0.2) is 18.2 Å². The standard InChI is InChI=1S/C16H26N2O/c1-11(2)15-7-5-6-12(3)16(15)18-10-14(19)9-17-8-13(18)4/h5-7,11,13-14,17,19H,8-10H2,1-4H3. The number of anilines is 1. The van der Waals surface area contributed by atoms with Gasteiger partial charge < -0.3 is 15.3 Å². The lowest BCUT2D eigenvalue weighted by molar-refractivity contribution is 0.184. The Balaban J connectivity index is 2.43. The van der Waals surface area contributed by atoms with E-state index in [1.807, 2.05) is 0 Å². The molecule has 0 amide bonds. The van der Waals surface area contributed by atoms with Crippen LogP contribution in [0, 0.1) is 6.92 Å². The van der Waals surface area contributed by atoms with Gasteiger partial charge in [0.1, 0.15) is 0 Å². The summed E-state index contributed by atoms with van der Waals surface area (Å²) in [6, 6.07) is 6.91. The average Bonchev–Trinajstić information content (AvgIpc) is 2.51. The molecule has 1 aromatic rings. The normalized spacial score (nSPS) is 24.6. The number of aliphatic hydroxyl groups excluding tert-OH is 1. The molecule has 0 saturated carbocycles. The number of aryl methyl sites for hydroxylation is 1. The number of nitrogens with one attached hydrogen (secondary N) is 1. The maximum absolute atomic E-state index is 10.1. The molecular weight excluding hydrogens is 236 g/mol. The molecular formula is C16H26N2O. The van der Waals surface area contributed by atoms with Crippen LogP contribution in [0.4, 0.5) is 5.69 Å². The van der Waals surface area contributed by atoms with E-state index >= 15 is 0 Å². The van der Waals surface area contributed by atoms with Crippen LogP contribution in [0.1, 0.15) is 37.8 Å². The summed E-state index contributed by atoms with van der Waals surface area (Å²) < 4.78 is 0. The molecule has 0 aliphatic carbocycles. The molecule has 2 rings (SSSR count). The zero-order chi connectivity index (χ0) is 14.0. The van der Waals surface area contributed by atoms with Crippen LogP contribution in [0.5, 0.6) is 0 Å². The second-order valence-corrected chi connectivity index (χ2v) is 5.98. The summed E-state index contributed by atoms with van der Waals surface area (Å²) in [5, 5.41) is 13.4. The molecule has 3 nitrogen and oxygen atoms in total. The Bertz CT molecular complexity index is 431. The third-order valence-corrected chi connectivity index (χ3v) is 3.94. The first kappa shape index (κ1) is 14.4. The van der Waals surface area contributed by atoms with Crippen molar-refractivity contribution in [2.24, 2.45) is 0 Å². The highest BCUT2D eigenvalue weighted by Crippen LogP contribution is 2.32. The van der Waals surface area contributed by atoms with E-state index in [1.54, 1.807) is 0 Å². The van der Waals surface area contributed by atoms with Crippen molar-refractivity contribution < 1.29 is 5.11 Å². The summed E-state index contributed by atoms with van der Waals surface area (Å²) >= 11 is 0. The van der Waals surface area contributed by atoms with Gasteiger partial charge in [-0.05, 0) is 30.9 Å². The van der Waals surface area contributed by atoms with Crippen LogP contribution >= 0.6 is 0 Å². The smallest absolute Gasteiger partial charge is 0.0839 e. The van der Waals surface area contributed by atoms with Gasteiger partial charge in [-0.25, -0.2) is 0 Å². The highest BCUT2D eigenvalue weighted by molar-refractivity contribution is 5.61. The first-order valence-corrected chi connectivity index (χ1v) is 7.25. The van der Waals surface area contributed by atoms with Crippen molar-refractivity contribution in [2.75, 3.05) is 24.5 Å². The number of aliphatic hydroxyl groups is 1. The molecule has 1 aromatic carbocycles. The summed E-state index contributed by atoms with van der Waals surface area (Å²) in [5.41, 5.74) is 3.99. The average molecular weight is 262 g/mol. The van der Waals surface area contributed by atoms with Gasteiger partial charge in [0.05, 0.1) is 6.10 Å². The molecule has 1 heterocycles. The number of β-amino-alcohol motifs (C(OH)–C–C–N with tert-alkyl or cyclic N) is 1. The number of hydrogen-bond donors (Lipinski definition) is 2.